The number of aromatic carboxylic acids is 1. The molecule has 2 rings (SSSR count). The quantitative estimate of drug-likeness (QED) is 0.423. The van der Waals surface area contributed by atoms with Crippen LogP contribution in [0.3, 0.4) is 0 Å². The molecule has 2 aromatic rings. The first-order valence-corrected chi connectivity index (χ1v) is 7.93. The summed E-state index contributed by atoms with van der Waals surface area (Å²) in [6.45, 7) is 0. The Morgan fingerprint density at radius 1 is 1.12 bits per heavy atom. The number of nitrogens with zero attached hydrogens (tertiary/aromatic N) is 1. The van der Waals surface area contributed by atoms with E-state index in [-0.39, 0.29) is 29.2 Å². The molecule has 0 unspecified atom stereocenters. The van der Waals surface area contributed by atoms with Crippen LogP contribution in [0.25, 0.3) is 0 Å². The number of nitro benzene ring substituents is 1. The zero-order valence-corrected chi connectivity index (χ0v) is 13.8. The predicted octanol–water partition coefficient (Wildman–Crippen LogP) is 3.78. The van der Waals surface area contributed by atoms with Crippen LogP contribution in [-0.2, 0) is 11.2 Å². The Labute approximate surface area is 148 Å². The van der Waals surface area contributed by atoms with Gasteiger partial charge in [0.05, 0.1) is 10.5 Å². The zero-order valence-electron chi connectivity index (χ0n) is 13.8. The minimum absolute atomic E-state index is 0.135. The van der Waals surface area contributed by atoms with Crippen LogP contribution in [0, 0.1) is 15.9 Å². The van der Waals surface area contributed by atoms with Crippen molar-refractivity contribution in [1.29, 1.82) is 0 Å². The molecule has 0 heterocycles. The number of carbonyl (C=O) groups is 2. The van der Waals surface area contributed by atoms with E-state index in [1.54, 1.807) is 12.1 Å². The van der Waals surface area contributed by atoms with Crippen LogP contribution in [0.4, 0.5) is 15.8 Å². The number of hydrogen-bond acceptors (Lipinski definition) is 4. The van der Waals surface area contributed by atoms with Gasteiger partial charge >= 0.3 is 5.97 Å². The summed E-state index contributed by atoms with van der Waals surface area (Å²) in [5.41, 5.74) is 0.298. The molecule has 0 aliphatic rings. The molecule has 0 bridgehead atoms. The normalized spacial score (nSPS) is 10.3. The number of rotatable bonds is 8. The number of halogens is 1. The summed E-state index contributed by atoms with van der Waals surface area (Å²) in [4.78, 5) is 33.3. The van der Waals surface area contributed by atoms with Crippen molar-refractivity contribution in [2.45, 2.75) is 25.7 Å². The van der Waals surface area contributed by atoms with E-state index in [0.717, 1.165) is 23.8 Å². The fraction of sp³-hybridized carbons (Fsp3) is 0.222. The molecule has 0 fully saturated rings. The van der Waals surface area contributed by atoms with Crippen molar-refractivity contribution >= 4 is 23.3 Å². The lowest BCUT2D eigenvalue weighted by molar-refractivity contribution is -0.383. The first-order chi connectivity index (χ1) is 12.4. The predicted molar refractivity (Wildman–Crippen MR) is 92.6 cm³/mol. The van der Waals surface area contributed by atoms with Crippen LogP contribution >= 0.6 is 0 Å². The average molecular weight is 360 g/mol. The third-order valence-electron chi connectivity index (χ3n) is 3.75. The van der Waals surface area contributed by atoms with E-state index in [1.807, 2.05) is 0 Å². The number of aryl methyl sites for hydroxylation is 1. The molecule has 0 atom stereocenters. The molecule has 0 aromatic heterocycles. The van der Waals surface area contributed by atoms with Gasteiger partial charge in [-0.05, 0) is 49.1 Å². The molecular weight excluding hydrogens is 343 g/mol. The van der Waals surface area contributed by atoms with Crippen molar-refractivity contribution in [3.05, 3.63) is 69.5 Å². The molecule has 7 nitrogen and oxygen atoms in total. The highest BCUT2D eigenvalue weighted by atomic mass is 19.1. The number of hydrogen-bond donors (Lipinski definition) is 2. The topological polar surface area (TPSA) is 110 Å². The lowest BCUT2D eigenvalue weighted by atomic mass is 10.1. The third kappa shape index (κ3) is 5.37. The van der Waals surface area contributed by atoms with Crippen molar-refractivity contribution in [3.63, 3.8) is 0 Å². The molecule has 8 heteroatoms. The molecule has 0 saturated heterocycles. The maximum atomic E-state index is 12.8. The fourth-order valence-electron chi connectivity index (χ4n) is 2.41. The van der Waals surface area contributed by atoms with Gasteiger partial charge < -0.3 is 10.4 Å². The van der Waals surface area contributed by atoms with Gasteiger partial charge in [-0.25, -0.2) is 9.18 Å². The minimum atomic E-state index is -1.24. The van der Waals surface area contributed by atoms with Crippen LogP contribution in [0.1, 0.15) is 35.2 Å². The Hall–Kier alpha value is -3.29. The van der Waals surface area contributed by atoms with Gasteiger partial charge in [0.2, 0.25) is 5.91 Å². The summed E-state index contributed by atoms with van der Waals surface area (Å²) >= 11 is 0. The Morgan fingerprint density at radius 3 is 2.42 bits per heavy atom. The Kier molecular flexibility index (Phi) is 6.37. The highest BCUT2D eigenvalue weighted by molar-refractivity contribution is 5.96. The number of amides is 1. The summed E-state index contributed by atoms with van der Waals surface area (Å²) in [7, 11) is 0. The SMILES string of the molecule is O=C(CCCCc1ccc(F)cc1)Nc1cc(C(=O)O)ccc1[N+](=O)[O-]. The lowest BCUT2D eigenvalue weighted by Crippen LogP contribution is -2.13. The molecule has 2 N–H and O–H groups in total. The second-order valence-corrected chi connectivity index (χ2v) is 5.68. The zero-order chi connectivity index (χ0) is 19.1. The van der Waals surface area contributed by atoms with Gasteiger partial charge in [-0.1, -0.05) is 12.1 Å². The first-order valence-electron chi connectivity index (χ1n) is 7.93. The molecule has 0 aliphatic carbocycles. The second-order valence-electron chi connectivity index (χ2n) is 5.68. The summed E-state index contributed by atoms with van der Waals surface area (Å²) in [5, 5.41) is 22.4. The van der Waals surface area contributed by atoms with Crippen LogP contribution < -0.4 is 5.32 Å². The summed E-state index contributed by atoms with van der Waals surface area (Å²) in [5.74, 6) is -1.98. The fourth-order valence-corrected chi connectivity index (χ4v) is 2.41. The van der Waals surface area contributed by atoms with Crippen LogP contribution in [-0.4, -0.2) is 21.9 Å². The average Bonchev–Trinajstić information content (AvgIpc) is 2.60. The number of carbonyl (C=O) groups excluding carboxylic acids is 1. The van der Waals surface area contributed by atoms with Crippen LogP contribution in [0.2, 0.25) is 0 Å². The van der Waals surface area contributed by atoms with Gasteiger partial charge in [-0.15, -0.1) is 0 Å². The third-order valence-corrected chi connectivity index (χ3v) is 3.75. The van der Waals surface area contributed by atoms with E-state index in [2.05, 4.69) is 5.32 Å². The van der Waals surface area contributed by atoms with E-state index in [9.17, 15) is 24.1 Å². The largest absolute Gasteiger partial charge is 0.478 e. The van der Waals surface area contributed by atoms with Crippen molar-refractivity contribution < 1.29 is 24.0 Å². The van der Waals surface area contributed by atoms with Crippen LogP contribution in [0.5, 0.6) is 0 Å². The van der Waals surface area contributed by atoms with Gasteiger partial charge in [-0.2, -0.15) is 0 Å². The second kappa shape index (κ2) is 8.70. The van der Waals surface area contributed by atoms with Gasteiger partial charge in [0, 0.05) is 12.5 Å². The number of unbranched alkanes of at least 4 members (excludes halogenated alkanes) is 1. The van der Waals surface area contributed by atoms with Crippen molar-refractivity contribution in [2.75, 3.05) is 5.32 Å². The van der Waals surface area contributed by atoms with Crippen molar-refractivity contribution in [3.8, 4) is 0 Å². The van der Waals surface area contributed by atoms with E-state index >= 15 is 0 Å². The minimum Gasteiger partial charge on any atom is -0.478 e. The number of carboxylic acid groups (broad SMARTS) is 1. The first kappa shape index (κ1) is 19.0. The smallest absolute Gasteiger partial charge is 0.335 e. The maximum Gasteiger partial charge on any atom is 0.335 e. The standard InChI is InChI=1S/C18H17FN2O5/c19-14-8-5-12(6-9-14)3-1-2-4-17(22)20-15-11-13(18(23)24)7-10-16(15)21(25)26/h5-11H,1-4H2,(H,20,22)(H,23,24). The van der Waals surface area contributed by atoms with E-state index in [1.165, 1.54) is 12.1 Å². The van der Waals surface area contributed by atoms with Gasteiger partial charge in [0.25, 0.3) is 5.69 Å². The van der Waals surface area contributed by atoms with Crippen molar-refractivity contribution in [2.24, 2.45) is 0 Å². The molecule has 1 amide bonds. The highest BCUT2D eigenvalue weighted by Gasteiger charge is 2.18. The molecule has 2 aromatic carbocycles. The number of nitro groups is 1. The summed E-state index contributed by atoms with van der Waals surface area (Å²) in [6.07, 6.45) is 2.05. The van der Waals surface area contributed by atoms with E-state index < -0.39 is 16.8 Å². The molecule has 26 heavy (non-hydrogen) atoms. The monoisotopic (exact) mass is 360 g/mol. The molecule has 0 radical (unpaired) electrons. The Balaban J connectivity index is 1.90. The Bertz CT molecular complexity index is 821. The van der Waals surface area contributed by atoms with E-state index in [0.29, 0.717) is 19.3 Å². The number of nitrogens with one attached hydrogen (secondary N) is 1. The van der Waals surface area contributed by atoms with Crippen LogP contribution in [0.15, 0.2) is 42.5 Å². The number of carboxylic acids is 1. The summed E-state index contributed by atoms with van der Waals surface area (Å²) < 4.78 is 12.8. The molecular formula is C18H17FN2O5. The molecule has 0 spiro atoms. The molecule has 0 aliphatic heterocycles. The van der Waals surface area contributed by atoms with Crippen molar-refractivity contribution in [1.82, 2.24) is 0 Å². The molecule has 136 valence electrons. The highest BCUT2D eigenvalue weighted by Crippen LogP contribution is 2.26. The van der Waals surface area contributed by atoms with E-state index in [4.69, 9.17) is 5.11 Å². The lowest BCUT2D eigenvalue weighted by Gasteiger charge is -2.07. The Morgan fingerprint density at radius 2 is 1.81 bits per heavy atom. The van der Waals surface area contributed by atoms with Gasteiger partial charge in [0.15, 0.2) is 0 Å². The molecule has 0 saturated carbocycles. The van der Waals surface area contributed by atoms with Gasteiger partial charge in [0.1, 0.15) is 11.5 Å². The van der Waals surface area contributed by atoms with Gasteiger partial charge in [-0.3, -0.25) is 14.9 Å². The summed E-state index contributed by atoms with van der Waals surface area (Å²) in [6, 6.07) is 9.32. The maximum absolute atomic E-state index is 12.8. The number of anilines is 1. The number of benzene rings is 2.